The van der Waals surface area contributed by atoms with E-state index < -0.39 is 0 Å². The minimum Gasteiger partial charge on any atom is -0.489 e. The van der Waals surface area contributed by atoms with Gasteiger partial charge in [-0.25, -0.2) is 9.97 Å². The number of nitrogens with zero attached hydrogens (tertiary/aromatic N) is 4. The van der Waals surface area contributed by atoms with E-state index >= 15 is 0 Å². The van der Waals surface area contributed by atoms with Gasteiger partial charge in [-0.1, -0.05) is 0 Å². The molecule has 4 aromatic rings. The lowest BCUT2D eigenvalue weighted by atomic mass is 9.87. The SMILES string of the molecule is CC(C)Oc1cc2[nH]ncc2cc1Nc1ncnc2sc3c(c12)CCC(C(=O)N(C)CC1CC1)C3. The van der Waals surface area contributed by atoms with Gasteiger partial charge in [-0.15, -0.1) is 11.3 Å². The summed E-state index contributed by atoms with van der Waals surface area (Å²) in [5.74, 6) is 2.57. The summed E-state index contributed by atoms with van der Waals surface area (Å²) in [5, 5.41) is 12.8. The smallest absolute Gasteiger partial charge is 0.225 e. The topological polar surface area (TPSA) is 96.0 Å². The number of aromatic amines is 1. The summed E-state index contributed by atoms with van der Waals surface area (Å²) in [7, 11) is 1.96. The highest BCUT2D eigenvalue weighted by Gasteiger charge is 2.32. The van der Waals surface area contributed by atoms with Gasteiger partial charge in [-0.2, -0.15) is 5.10 Å². The summed E-state index contributed by atoms with van der Waals surface area (Å²) in [6.45, 7) is 4.92. The predicted molar refractivity (Wildman–Crippen MR) is 138 cm³/mol. The molecule has 1 amide bonds. The van der Waals surface area contributed by atoms with Crippen LogP contribution in [0.25, 0.3) is 21.1 Å². The first-order valence-corrected chi connectivity index (χ1v) is 13.2. The third-order valence-electron chi connectivity index (χ3n) is 6.96. The fourth-order valence-corrected chi connectivity index (χ4v) is 6.32. The summed E-state index contributed by atoms with van der Waals surface area (Å²) >= 11 is 1.69. The molecule has 0 spiro atoms. The van der Waals surface area contributed by atoms with E-state index in [0.717, 1.165) is 64.2 Å². The number of thiophene rings is 1. The first-order valence-electron chi connectivity index (χ1n) is 12.4. The first kappa shape index (κ1) is 22.3. The summed E-state index contributed by atoms with van der Waals surface area (Å²) < 4.78 is 6.10. The Kier molecular flexibility index (Phi) is 5.59. The van der Waals surface area contributed by atoms with Crippen LogP contribution in [-0.4, -0.2) is 50.7 Å². The summed E-state index contributed by atoms with van der Waals surface area (Å²) in [5.41, 5.74) is 3.05. The zero-order valence-electron chi connectivity index (χ0n) is 20.3. The van der Waals surface area contributed by atoms with Crippen LogP contribution in [0.3, 0.4) is 0 Å². The molecule has 0 aliphatic heterocycles. The van der Waals surface area contributed by atoms with Crippen LogP contribution < -0.4 is 10.1 Å². The van der Waals surface area contributed by atoms with Crippen LogP contribution in [0.1, 0.15) is 43.6 Å². The number of carbonyl (C=O) groups excluding carboxylic acids is 1. The van der Waals surface area contributed by atoms with Crippen molar-refractivity contribution in [2.75, 3.05) is 18.9 Å². The molecule has 1 atom stereocenters. The number of aromatic nitrogens is 4. The molecule has 2 aliphatic carbocycles. The van der Waals surface area contributed by atoms with E-state index in [-0.39, 0.29) is 17.9 Å². The highest BCUT2D eigenvalue weighted by atomic mass is 32.1. The Balaban J connectivity index is 1.31. The Morgan fingerprint density at radius 1 is 1.29 bits per heavy atom. The number of benzene rings is 1. The third kappa shape index (κ3) is 4.33. The monoisotopic (exact) mass is 490 g/mol. The molecule has 1 saturated carbocycles. The van der Waals surface area contributed by atoms with Gasteiger partial charge in [0.1, 0.15) is 22.7 Å². The minimum atomic E-state index is 0.0303. The molecular formula is C26H30N6O2S. The zero-order valence-corrected chi connectivity index (χ0v) is 21.1. The van der Waals surface area contributed by atoms with E-state index in [1.165, 1.54) is 23.3 Å². The molecule has 3 heterocycles. The summed E-state index contributed by atoms with van der Waals surface area (Å²) in [6.07, 6.45) is 8.47. The minimum absolute atomic E-state index is 0.0303. The van der Waals surface area contributed by atoms with E-state index in [1.807, 2.05) is 37.9 Å². The second-order valence-electron chi connectivity index (χ2n) is 10.1. The number of rotatable bonds is 7. The molecule has 8 nitrogen and oxygen atoms in total. The molecule has 0 saturated heterocycles. The van der Waals surface area contributed by atoms with Crippen LogP contribution in [0, 0.1) is 11.8 Å². The number of H-pyrrole nitrogens is 1. The molecule has 0 radical (unpaired) electrons. The molecule has 1 fully saturated rings. The number of ether oxygens (including phenoxy) is 1. The quantitative estimate of drug-likeness (QED) is 0.375. The van der Waals surface area contributed by atoms with E-state index in [1.54, 1.807) is 23.9 Å². The number of nitrogens with one attached hydrogen (secondary N) is 2. The standard InChI is InChI=1S/C26H30N6O2S/c1-14(2)34-21-10-19-17(11-29-31-19)8-20(21)30-24-23-18-7-6-16(26(33)32(3)12-15-4-5-15)9-22(18)35-25(23)28-13-27-24/h8,10-11,13-16H,4-7,9,12H2,1-3H3,(H,29,31)(H,27,28,30). The Hall–Kier alpha value is -3.20. The van der Waals surface area contributed by atoms with Gasteiger partial charge in [0.2, 0.25) is 5.91 Å². The molecule has 1 aromatic carbocycles. The molecule has 182 valence electrons. The largest absolute Gasteiger partial charge is 0.489 e. The molecule has 35 heavy (non-hydrogen) atoms. The number of hydrogen-bond acceptors (Lipinski definition) is 7. The number of fused-ring (bicyclic) bond motifs is 4. The highest BCUT2D eigenvalue weighted by molar-refractivity contribution is 7.19. The van der Waals surface area contributed by atoms with Gasteiger partial charge in [-0.3, -0.25) is 9.89 Å². The van der Waals surface area contributed by atoms with Gasteiger partial charge in [-0.05, 0) is 63.5 Å². The van der Waals surface area contributed by atoms with Gasteiger partial charge < -0.3 is 15.0 Å². The Morgan fingerprint density at radius 3 is 2.94 bits per heavy atom. The van der Waals surface area contributed by atoms with Gasteiger partial charge in [0, 0.05) is 35.8 Å². The van der Waals surface area contributed by atoms with Crippen molar-refractivity contribution in [1.29, 1.82) is 0 Å². The molecular weight excluding hydrogens is 460 g/mol. The number of hydrogen-bond donors (Lipinski definition) is 2. The lowest BCUT2D eigenvalue weighted by Gasteiger charge is -2.26. The van der Waals surface area contributed by atoms with Crippen LogP contribution in [0.5, 0.6) is 5.75 Å². The average Bonchev–Trinajstić information content (AvgIpc) is 3.39. The van der Waals surface area contributed by atoms with Crippen molar-refractivity contribution in [2.45, 2.75) is 52.1 Å². The molecule has 9 heteroatoms. The van der Waals surface area contributed by atoms with Crippen molar-refractivity contribution >= 4 is 49.9 Å². The maximum Gasteiger partial charge on any atom is 0.225 e. The summed E-state index contributed by atoms with van der Waals surface area (Å²) in [6, 6.07) is 4.01. The van der Waals surface area contributed by atoms with Crippen LogP contribution in [0.4, 0.5) is 11.5 Å². The van der Waals surface area contributed by atoms with E-state index in [2.05, 4.69) is 25.5 Å². The molecule has 0 bridgehead atoms. The Morgan fingerprint density at radius 2 is 2.14 bits per heavy atom. The molecule has 3 aromatic heterocycles. The maximum absolute atomic E-state index is 13.1. The fourth-order valence-electron chi connectivity index (χ4n) is 5.05. The predicted octanol–water partition coefficient (Wildman–Crippen LogP) is 5.07. The van der Waals surface area contributed by atoms with Crippen molar-refractivity contribution in [3.8, 4) is 5.75 Å². The molecule has 1 unspecified atom stereocenters. The van der Waals surface area contributed by atoms with Gasteiger partial charge in [0.25, 0.3) is 0 Å². The second-order valence-corrected chi connectivity index (χ2v) is 11.2. The Labute approximate surface area is 208 Å². The maximum atomic E-state index is 13.1. The number of amides is 1. The van der Waals surface area contributed by atoms with E-state index in [0.29, 0.717) is 5.92 Å². The van der Waals surface area contributed by atoms with Crippen LogP contribution in [-0.2, 0) is 17.6 Å². The third-order valence-corrected chi connectivity index (χ3v) is 8.12. The second kappa shape index (κ2) is 8.78. The fraction of sp³-hybridized carbons (Fsp3) is 0.462. The Bertz CT molecular complexity index is 1410. The highest BCUT2D eigenvalue weighted by Crippen LogP contribution is 2.42. The normalized spacial score (nSPS) is 17.7. The molecule has 6 rings (SSSR count). The van der Waals surface area contributed by atoms with Crippen molar-refractivity contribution in [2.24, 2.45) is 11.8 Å². The average molecular weight is 491 g/mol. The van der Waals surface area contributed by atoms with E-state index in [9.17, 15) is 4.79 Å². The van der Waals surface area contributed by atoms with Crippen LogP contribution >= 0.6 is 11.3 Å². The van der Waals surface area contributed by atoms with Gasteiger partial charge >= 0.3 is 0 Å². The zero-order chi connectivity index (χ0) is 24.1. The van der Waals surface area contributed by atoms with Gasteiger partial charge in [0.05, 0.1) is 28.9 Å². The van der Waals surface area contributed by atoms with Gasteiger partial charge in [0.15, 0.2) is 0 Å². The van der Waals surface area contributed by atoms with Crippen LogP contribution in [0.15, 0.2) is 24.7 Å². The first-order chi connectivity index (χ1) is 17.0. The number of anilines is 2. The van der Waals surface area contributed by atoms with E-state index in [4.69, 9.17) is 4.74 Å². The number of aryl methyl sites for hydroxylation is 1. The lowest BCUT2D eigenvalue weighted by molar-refractivity contribution is -0.134. The van der Waals surface area contributed by atoms with Crippen molar-refractivity contribution in [3.63, 3.8) is 0 Å². The van der Waals surface area contributed by atoms with Crippen molar-refractivity contribution in [3.05, 3.63) is 35.1 Å². The molecule has 2 N–H and O–H groups in total. The van der Waals surface area contributed by atoms with Crippen LogP contribution in [0.2, 0.25) is 0 Å². The van der Waals surface area contributed by atoms with Crippen molar-refractivity contribution in [1.82, 2.24) is 25.1 Å². The molecule has 2 aliphatic rings. The number of carbonyl (C=O) groups is 1. The van der Waals surface area contributed by atoms with Crippen molar-refractivity contribution < 1.29 is 9.53 Å². The lowest BCUT2D eigenvalue weighted by Crippen LogP contribution is -2.36. The summed E-state index contributed by atoms with van der Waals surface area (Å²) in [4.78, 5) is 26.5.